The molecule has 0 aliphatic heterocycles. The van der Waals surface area contributed by atoms with E-state index in [9.17, 15) is 18.0 Å². The van der Waals surface area contributed by atoms with Gasteiger partial charge in [-0.15, -0.1) is 0 Å². The van der Waals surface area contributed by atoms with E-state index < -0.39 is 10.0 Å². The second-order valence-corrected chi connectivity index (χ2v) is 8.41. The number of nitrogens with one attached hydrogen (secondary N) is 2. The Morgan fingerprint density at radius 1 is 1.11 bits per heavy atom. The first-order chi connectivity index (χ1) is 12.9. The molecule has 1 aliphatic rings. The molecule has 1 aromatic rings. The lowest BCUT2D eigenvalue weighted by atomic mass is 9.92. The summed E-state index contributed by atoms with van der Waals surface area (Å²) >= 11 is 0. The Labute approximate surface area is 161 Å². The zero-order chi connectivity index (χ0) is 19.9. The standard InChI is InChI=1S/C19H29N3O4S/c1-3-20-18(23)14-22(4-2)19(24)11-12-21-27(25,26)17-10-9-15-7-5-6-8-16(15)13-17/h9-10,13,21H,3-8,11-12,14H2,1-2H3,(H,20,23). The number of rotatable bonds is 9. The van der Waals surface area contributed by atoms with Crippen LogP contribution in [0.25, 0.3) is 0 Å². The lowest BCUT2D eigenvalue weighted by molar-refractivity contribution is -0.135. The third-order valence-electron chi connectivity index (χ3n) is 4.70. The maximum atomic E-state index is 12.5. The number of carbonyl (C=O) groups is 2. The molecule has 1 aromatic carbocycles. The zero-order valence-corrected chi connectivity index (χ0v) is 16.9. The highest BCUT2D eigenvalue weighted by molar-refractivity contribution is 7.89. The van der Waals surface area contributed by atoms with Crippen LogP contribution in [0.2, 0.25) is 0 Å². The molecule has 0 atom stereocenters. The normalized spacial score (nSPS) is 13.7. The molecule has 0 saturated heterocycles. The summed E-state index contributed by atoms with van der Waals surface area (Å²) in [5, 5.41) is 2.65. The second kappa shape index (κ2) is 9.85. The Morgan fingerprint density at radius 2 is 1.81 bits per heavy atom. The Kier molecular flexibility index (Phi) is 7.79. The van der Waals surface area contributed by atoms with Crippen LogP contribution in [-0.4, -0.2) is 51.3 Å². The number of sulfonamides is 1. The van der Waals surface area contributed by atoms with E-state index >= 15 is 0 Å². The third kappa shape index (κ3) is 6.04. The first-order valence-electron chi connectivity index (χ1n) is 9.53. The van der Waals surface area contributed by atoms with Gasteiger partial charge in [-0.05, 0) is 62.8 Å². The van der Waals surface area contributed by atoms with E-state index in [2.05, 4.69) is 10.0 Å². The zero-order valence-electron chi connectivity index (χ0n) is 16.1. The topological polar surface area (TPSA) is 95.6 Å². The van der Waals surface area contributed by atoms with Gasteiger partial charge in [0.25, 0.3) is 0 Å². The van der Waals surface area contributed by atoms with E-state index in [1.165, 1.54) is 10.5 Å². The van der Waals surface area contributed by atoms with Crippen LogP contribution in [0, 0.1) is 0 Å². The predicted molar refractivity (Wildman–Crippen MR) is 104 cm³/mol. The monoisotopic (exact) mass is 395 g/mol. The summed E-state index contributed by atoms with van der Waals surface area (Å²) in [6.07, 6.45) is 4.14. The highest BCUT2D eigenvalue weighted by Crippen LogP contribution is 2.24. The Morgan fingerprint density at radius 3 is 2.48 bits per heavy atom. The van der Waals surface area contributed by atoms with E-state index in [0.717, 1.165) is 31.2 Å². The second-order valence-electron chi connectivity index (χ2n) is 6.65. The molecule has 0 spiro atoms. The van der Waals surface area contributed by atoms with Gasteiger partial charge in [0.1, 0.15) is 0 Å². The molecular formula is C19H29N3O4S. The van der Waals surface area contributed by atoms with Gasteiger partial charge < -0.3 is 10.2 Å². The molecule has 27 heavy (non-hydrogen) atoms. The van der Waals surface area contributed by atoms with Crippen LogP contribution in [0.4, 0.5) is 0 Å². The van der Waals surface area contributed by atoms with E-state index in [1.807, 2.05) is 13.0 Å². The lowest BCUT2D eigenvalue weighted by Crippen LogP contribution is -2.41. The average Bonchev–Trinajstić information content (AvgIpc) is 2.65. The summed E-state index contributed by atoms with van der Waals surface area (Å²) in [6.45, 7) is 4.49. The lowest BCUT2D eigenvalue weighted by Gasteiger charge is -2.20. The average molecular weight is 396 g/mol. The summed E-state index contributed by atoms with van der Waals surface area (Å²) in [5.41, 5.74) is 2.32. The van der Waals surface area contributed by atoms with Gasteiger partial charge in [0.2, 0.25) is 21.8 Å². The van der Waals surface area contributed by atoms with Gasteiger partial charge in [0.05, 0.1) is 11.4 Å². The number of likely N-dealkylation sites (N-methyl/N-ethyl adjacent to an activating group) is 2. The highest BCUT2D eigenvalue weighted by atomic mass is 32.2. The number of fused-ring (bicyclic) bond motifs is 1. The van der Waals surface area contributed by atoms with Crippen LogP contribution in [0.15, 0.2) is 23.1 Å². The molecule has 0 unspecified atom stereocenters. The van der Waals surface area contributed by atoms with Gasteiger partial charge in [-0.25, -0.2) is 13.1 Å². The van der Waals surface area contributed by atoms with Crippen molar-refractivity contribution in [2.24, 2.45) is 0 Å². The number of benzene rings is 1. The molecule has 0 radical (unpaired) electrons. The van der Waals surface area contributed by atoms with Crippen LogP contribution in [-0.2, 0) is 32.5 Å². The summed E-state index contributed by atoms with van der Waals surface area (Å²) < 4.78 is 27.5. The van der Waals surface area contributed by atoms with Crippen LogP contribution >= 0.6 is 0 Å². The number of amides is 2. The molecule has 2 rings (SSSR count). The highest BCUT2D eigenvalue weighted by Gasteiger charge is 2.19. The van der Waals surface area contributed by atoms with E-state index in [0.29, 0.717) is 13.1 Å². The van der Waals surface area contributed by atoms with Crippen molar-refractivity contribution in [3.05, 3.63) is 29.3 Å². The van der Waals surface area contributed by atoms with Gasteiger partial charge in [-0.2, -0.15) is 0 Å². The third-order valence-corrected chi connectivity index (χ3v) is 6.16. The minimum absolute atomic E-state index is 0.00412. The number of carbonyl (C=O) groups excluding carboxylic acids is 2. The molecule has 8 heteroatoms. The number of hydrogen-bond acceptors (Lipinski definition) is 4. The van der Waals surface area contributed by atoms with Crippen molar-refractivity contribution in [1.29, 1.82) is 0 Å². The molecule has 2 amide bonds. The number of nitrogens with zero attached hydrogens (tertiary/aromatic N) is 1. The minimum Gasteiger partial charge on any atom is -0.355 e. The van der Waals surface area contributed by atoms with E-state index in [-0.39, 0.29) is 36.2 Å². The fourth-order valence-corrected chi connectivity index (χ4v) is 4.30. The maximum Gasteiger partial charge on any atom is 0.240 e. The summed E-state index contributed by atoms with van der Waals surface area (Å²) in [4.78, 5) is 25.5. The van der Waals surface area contributed by atoms with Crippen molar-refractivity contribution in [3.8, 4) is 0 Å². The van der Waals surface area contributed by atoms with Crippen LogP contribution in [0.1, 0.15) is 44.2 Å². The quantitative estimate of drug-likeness (QED) is 0.657. The van der Waals surface area contributed by atoms with Crippen LogP contribution in [0.5, 0.6) is 0 Å². The smallest absolute Gasteiger partial charge is 0.240 e. The first kappa shape index (κ1) is 21.4. The molecule has 0 heterocycles. The predicted octanol–water partition coefficient (Wildman–Crippen LogP) is 1.22. The number of hydrogen-bond donors (Lipinski definition) is 2. The molecule has 150 valence electrons. The maximum absolute atomic E-state index is 12.5. The molecule has 0 aromatic heterocycles. The van der Waals surface area contributed by atoms with Crippen molar-refractivity contribution in [2.45, 2.75) is 50.8 Å². The fraction of sp³-hybridized carbons (Fsp3) is 0.579. The molecular weight excluding hydrogens is 366 g/mol. The summed E-state index contributed by atoms with van der Waals surface area (Å²) in [6, 6.07) is 5.26. The largest absolute Gasteiger partial charge is 0.355 e. The Hall–Kier alpha value is -1.93. The van der Waals surface area contributed by atoms with Gasteiger partial charge >= 0.3 is 0 Å². The molecule has 1 aliphatic carbocycles. The van der Waals surface area contributed by atoms with E-state index in [1.54, 1.807) is 19.1 Å². The molecule has 7 nitrogen and oxygen atoms in total. The van der Waals surface area contributed by atoms with Crippen molar-refractivity contribution in [1.82, 2.24) is 14.9 Å². The summed E-state index contributed by atoms with van der Waals surface area (Å²) in [5.74, 6) is -0.473. The van der Waals surface area contributed by atoms with Crippen molar-refractivity contribution < 1.29 is 18.0 Å². The SMILES string of the molecule is CCNC(=O)CN(CC)C(=O)CCNS(=O)(=O)c1ccc2c(c1)CCCC2. The molecule has 0 bridgehead atoms. The Balaban J connectivity index is 1.91. The summed E-state index contributed by atoms with van der Waals surface area (Å²) in [7, 11) is -3.65. The fourth-order valence-electron chi connectivity index (χ4n) is 3.21. The van der Waals surface area contributed by atoms with E-state index in [4.69, 9.17) is 0 Å². The van der Waals surface area contributed by atoms with Crippen molar-refractivity contribution in [2.75, 3.05) is 26.2 Å². The van der Waals surface area contributed by atoms with Gasteiger partial charge in [-0.3, -0.25) is 9.59 Å². The van der Waals surface area contributed by atoms with Gasteiger partial charge in [0.15, 0.2) is 0 Å². The first-order valence-corrected chi connectivity index (χ1v) is 11.0. The molecule has 0 saturated carbocycles. The van der Waals surface area contributed by atoms with Crippen LogP contribution in [0.3, 0.4) is 0 Å². The van der Waals surface area contributed by atoms with Crippen LogP contribution < -0.4 is 10.0 Å². The number of aryl methyl sites for hydroxylation is 2. The van der Waals surface area contributed by atoms with Gasteiger partial charge in [0, 0.05) is 26.1 Å². The molecule has 2 N–H and O–H groups in total. The molecule has 0 fully saturated rings. The van der Waals surface area contributed by atoms with Crippen molar-refractivity contribution in [3.63, 3.8) is 0 Å². The minimum atomic E-state index is -3.65. The van der Waals surface area contributed by atoms with Gasteiger partial charge in [-0.1, -0.05) is 6.07 Å². The Bertz CT molecular complexity index is 777. The van der Waals surface area contributed by atoms with Crippen molar-refractivity contribution >= 4 is 21.8 Å².